The second-order valence-electron chi connectivity index (χ2n) is 6.52. The topological polar surface area (TPSA) is 84.2 Å². The fourth-order valence-electron chi connectivity index (χ4n) is 3.21. The molecule has 0 N–H and O–H groups in total. The molecule has 1 aliphatic rings. The van der Waals surface area contributed by atoms with Crippen LogP contribution in [0.5, 0.6) is 0 Å². The summed E-state index contributed by atoms with van der Waals surface area (Å²) in [5.74, 6) is 1.47. The Labute approximate surface area is 176 Å². The Hall–Kier alpha value is -1.82. The van der Waals surface area contributed by atoms with Gasteiger partial charge >= 0.3 is 0 Å². The molecule has 0 atom stereocenters. The molecule has 3 aromatic rings. The molecule has 3 aromatic heterocycles. The van der Waals surface area contributed by atoms with Crippen LogP contribution < -0.4 is 4.90 Å². The molecule has 0 unspecified atom stereocenters. The van der Waals surface area contributed by atoms with Gasteiger partial charge in [0.2, 0.25) is 0 Å². The number of hydrogen-bond donors (Lipinski definition) is 0. The lowest BCUT2D eigenvalue weighted by atomic mass is 10.3. The number of aromatic nitrogens is 4. The van der Waals surface area contributed by atoms with Gasteiger partial charge in [0.25, 0.3) is 10.0 Å². The van der Waals surface area contributed by atoms with Crippen molar-refractivity contribution >= 4 is 43.1 Å². The van der Waals surface area contributed by atoms with Gasteiger partial charge < -0.3 is 4.90 Å². The zero-order valence-electron chi connectivity index (χ0n) is 15.4. The van der Waals surface area contributed by atoms with Gasteiger partial charge in [-0.1, -0.05) is 0 Å². The molecule has 0 aliphatic carbocycles. The van der Waals surface area contributed by atoms with E-state index >= 15 is 0 Å². The summed E-state index contributed by atoms with van der Waals surface area (Å²) in [6, 6.07) is 7.28. The zero-order valence-corrected chi connectivity index (χ0v) is 18.6. The molecule has 0 aromatic carbocycles. The van der Waals surface area contributed by atoms with Crippen LogP contribution in [0, 0.1) is 13.8 Å². The highest BCUT2D eigenvalue weighted by Crippen LogP contribution is 2.29. The Kier molecular flexibility index (Phi) is 5.25. The second-order valence-corrected chi connectivity index (χ2v) is 11.2. The monoisotopic (exact) mass is 482 g/mol. The number of sulfonamides is 1. The average Bonchev–Trinajstić information content (AvgIpc) is 3.27. The molecule has 0 saturated carbocycles. The highest BCUT2D eigenvalue weighted by Gasteiger charge is 2.30. The van der Waals surface area contributed by atoms with Crippen LogP contribution >= 0.6 is 27.3 Å². The Balaban J connectivity index is 1.50. The van der Waals surface area contributed by atoms with Crippen molar-refractivity contribution in [2.24, 2.45) is 0 Å². The molecule has 1 saturated heterocycles. The number of nitrogens with zero attached hydrogens (tertiary/aromatic N) is 6. The smallest absolute Gasteiger partial charge is 0.252 e. The summed E-state index contributed by atoms with van der Waals surface area (Å²) in [5, 5.41) is 4.46. The standard InChI is InChI=1S/C17H19BrN6O2S2/c1-12-9-13(2)24(21-12)16-10-15(19-11-20-16)22-5-7-23(8-6-22)28(25,26)17-4-3-14(18)27-17/h3-4,9-11H,5-8H2,1-2H3. The summed E-state index contributed by atoms with van der Waals surface area (Å²) in [5.41, 5.74) is 1.93. The minimum atomic E-state index is -3.45. The third-order valence-electron chi connectivity index (χ3n) is 4.57. The molecule has 4 heterocycles. The van der Waals surface area contributed by atoms with E-state index in [0.29, 0.717) is 36.2 Å². The van der Waals surface area contributed by atoms with Crippen molar-refractivity contribution in [3.05, 3.63) is 45.8 Å². The van der Waals surface area contributed by atoms with E-state index in [1.54, 1.807) is 16.8 Å². The highest BCUT2D eigenvalue weighted by molar-refractivity contribution is 9.11. The number of rotatable bonds is 4. The molecule has 148 valence electrons. The van der Waals surface area contributed by atoms with Gasteiger partial charge in [0.15, 0.2) is 5.82 Å². The quantitative estimate of drug-likeness (QED) is 0.568. The van der Waals surface area contributed by atoms with E-state index < -0.39 is 10.0 Å². The predicted molar refractivity (Wildman–Crippen MR) is 112 cm³/mol. The van der Waals surface area contributed by atoms with Crippen LogP contribution in [-0.2, 0) is 10.0 Å². The van der Waals surface area contributed by atoms with Crippen molar-refractivity contribution in [1.29, 1.82) is 0 Å². The van der Waals surface area contributed by atoms with Crippen molar-refractivity contribution in [3.63, 3.8) is 0 Å². The molecule has 0 amide bonds. The summed E-state index contributed by atoms with van der Waals surface area (Å²) in [6.07, 6.45) is 1.52. The van der Waals surface area contributed by atoms with Crippen molar-refractivity contribution in [1.82, 2.24) is 24.1 Å². The van der Waals surface area contributed by atoms with Crippen molar-refractivity contribution < 1.29 is 8.42 Å². The van der Waals surface area contributed by atoms with Crippen molar-refractivity contribution in [2.75, 3.05) is 31.1 Å². The Morgan fingerprint density at radius 1 is 1.04 bits per heavy atom. The van der Waals surface area contributed by atoms with Gasteiger partial charge in [0.05, 0.1) is 9.48 Å². The number of piperazine rings is 1. The molecule has 1 aliphatic heterocycles. The molecule has 28 heavy (non-hydrogen) atoms. The summed E-state index contributed by atoms with van der Waals surface area (Å²) in [7, 11) is -3.45. The Morgan fingerprint density at radius 2 is 1.75 bits per heavy atom. The van der Waals surface area contributed by atoms with E-state index in [0.717, 1.165) is 21.0 Å². The van der Waals surface area contributed by atoms with Crippen molar-refractivity contribution in [2.45, 2.75) is 18.1 Å². The second kappa shape index (κ2) is 7.54. The predicted octanol–water partition coefficient (Wildman–Crippen LogP) is 2.61. The van der Waals surface area contributed by atoms with Gasteiger partial charge in [-0.2, -0.15) is 9.40 Å². The lowest BCUT2D eigenvalue weighted by Gasteiger charge is -2.34. The molecule has 1 fully saturated rings. The van der Waals surface area contributed by atoms with Crippen LogP contribution in [-0.4, -0.2) is 58.7 Å². The van der Waals surface area contributed by atoms with Crippen LogP contribution in [0.3, 0.4) is 0 Å². The first kappa shape index (κ1) is 19.5. The third kappa shape index (κ3) is 3.71. The van der Waals surface area contributed by atoms with E-state index in [-0.39, 0.29) is 0 Å². The first-order chi connectivity index (χ1) is 13.3. The van der Waals surface area contributed by atoms with Gasteiger partial charge in [0.1, 0.15) is 16.4 Å². The number of aryl methyl sites for hydroxylation is 2. The lowest BCUT2D eigenvalue weighted by Crippen LogP contribution is -2.48. The first-order valence-corrected chi connectivity index (χ1v) is 11.8. The summed E-state index contributed by atoms with van der Waals surface area (Å²) in [6.45, 7) is 5.89. The number of halogens is 1. The number of thiophene rings is 1. The molecule has 11 heteroatoms. The van der Waals surface area contributed by atoms with Crippen molar-refractivity contribution in [3.8, 4) is 5.82 Å². The van der Waals surface area contributed by atoms with Crippen LogP contribution in [0.15, 0.2) is 38.6 Å². The van der Waals surface area contributed by atoms with Gasteiger partial charge in [-0.15, -0.1) is 11.3 Å². The maximum absolute atomic E-state index is 12.8. The van der Waals surface area contributed by atoms with Gasteiger partial charge in [-0.05, 0) is 48.0 Å². The largest absolute Gasteiger partial charge is 0.354 e. The number of anilines is 1. The summed E-state index contributed by atoms with van der Waals surface area (Å²) >= 11 is 4.56. The molecule has 4 rings (SSSR count). The Morgan fingerprint density at radius 3 is 2.36 bits per heavy atom. The molecule has 0 radical (unpaired) electrons. The third-order valence-corrected chi connectivity index (χ3v) is 8.56. The fourth-order valence-corrected chi connectivity index (χ4v) is 6.79. The van der Waals surface area contributed by atoms with Gasteiger partial charge in [-0.3, -0.25) is 0 Å². The van der Waals surface area contributed by atoms with Crippen LogP contribution in [0.2, 0.25) is 0 Å². The number of hydrogen-bond acceptors (Lipinski definition) is 7. The van der Waals surface area contributed by atoms with E-state index in [9.17, 15) is 8.42 Å². The van der Waals surface area contributed by atoms with Gasteiger partial charge in [-0.25, -0.2) is 23.1 Å². The zero-order chi connectivity index (χ0) is 19.9. The first-order valence-electron chi connectivity index (χ1n) is 8.71. The maximum atomic E-state index is 12.8. The minimum absolute atomic E-state index is 0.363. The fraction of sp³-hybridized carbons (Fsp3) is 0.353. The summed E-state index contributed by atoms with van der Waals surface area (Å²) in [4.78, 5) is 10.8. The van der Waals surface area contributed by atoms with E-state index in [4.69, 9.17) is 0 Å². The SMILES string of the molecule is Cc1cc(C)n(-c2cc(N3CCN(S(=O)(=O)c4ccc(Br)s4)CC3)ncn2)n1. The lowest BCUT2D eigenvalue weighted by molar-refractivity contribution is 0.384. The molecular weight excluding hydrogens is 464 g/mol. The normalized spacial score (nSPS) is 15.9. The van der Waals surface area contributed by atoms with E-state index in [2.05, 4.69) is 35.9 Å². The summed E-state index contributed by atoms with van der Waals surface area (Å²) < 4.78 is 30.1. The van der Waals surface area contributed by atoms with Gasteiger partial charge in [0, 0.05) is 37.9 Å². The van der Waals surface area contributed by atoms with Crippen LogP contribution in [0.1, 0.15) is 11.4 Å². The minimum Gasteiger partial charge on any atom is -0.354 e. The van der Waals surface area contributed by atoms with E-state index in [1.807, 2.05) is 26.0 Å². The molecule has 8 nitrogen and oxygen atoms in total. The molecule has 0 bridgehead atoms. The average molecular weight is 483 g/mol. The highest BCUT2D eigenvalue weighted by atomic mass is 79.9. The molecular formula is C17H19BrN6O2S2. The Bertz CT molecular complexity index is 1100. The maximum Gasteiger partial charge on any atom is 0.252 e. The molecule has 0 spiro atoms. The van der Waals surface area contributed by atoms with E-state index in [1.165, 1.54) is 22.0 Å². The van der Waals surface area contributed by atoms with Crippen LogP contribution in [0.4, 0.5) is 5.82 Å². The van der Waals surface area contributed by atoms with Crippen LogP contribution in [0.25, 0.3) is 5.82 Å².